The monoisotopic (exact) mass is 265 g/mol. The van der Waals surface area contributed by atoms with Crippen LogP contribution in [0.3, 0.4) is 0 Å². The minimum Gasteiger partial charge on any atom is -0.315 e. The van der Waals surface area contributed by atoms with Crippen molar-refractivity contribution in [2.75, 3.05) is 25.4 Å². The highest BCUT2D eigenvalue weighted by Gasteiger charge is 2.00. The Morgan fingerprint density at radius 2 is 2.00 bits per heavy atom. The van der Waals surface area contributed by atoms with Crippen molar-refractivity contribution in [1.82, 2.24) is 10.3 Å². The molecule has 1 aromatic carbocycles. The van der Waals surface area contributed by atoms with Gasteiger partial charge in [0.2, 0.25) is 0 Å². The molecule has 0 radical (unpaired) electrons. The molecule has 3 nitrogen and oxygen atoms in total. The standard InChI is InChI=1S/C14H23N3S/c1-2-13-4-6-14(7-5-13)12-17(15)10-9-16-8-3-11-18/h2,4-7,16,18H,1,3,8-12,15H2. The van der Waals surface area contributed by atoms with Crippen LogP contribution in [0.2, 0.25) is 0 Å². The van der Waals surface area contributed by atoms with Crippen LogP contribution in [0, 0.1) is 0 Å². The molecule has 0 aromatic heterocycles. The maximum absolute atomic E-state index is 5.95. The number of rotatable bonds is 9. The van der Waals surface area contributed by atoms with Gasteiger partial charge in [-0.25, -0.2) is 5.01 Å². The summed E-state index contributed by atoms with van der Waals surface area (Å²) in [4.78, 5) is 0. The van der Waals surface area contributed by atoms with Crippen molar-refractivity contribution in [3.8, 4) is 0 Å². The Morgan fingerprint density at radius 1 is 1.28 bits per heavy atom. The molecule has 0 saturated carbocycles. The summed E-state index contributed by atoms with van der Waals surface area (Å²) in [6.07, 6.45) is 2.94. The van der Waals surface area contributed by atoms with E-state index in [2.05, 4.69) is 48.8 Å². The van der Waals surface area contributed by atoms with E-state index in [1.165, 1.54) is 5.56 Å². The highest BCUT2D eigenvalue weighted by Crippen LogP contribution is 2.06. The van der Waals surface area contributed by atoms with Crippen LogP contribution >= 0.6 is 12.6 Å². The summed E-state index contributed by atoms with van der Waals surface area (Å²) >= 11 is 4.16. The van der Waals surface area contributed by atoms with E-state index in [9.17, 15) is 0 Å². The van der Waals surface area contributed by atoms with E-state index in [0.29, 0.717) is 0 Å². The maximum Gasteiger partial charge on any atom is 0.0379 e. The predicted octanol–water partition coefficient (Wildman–Crippen LogP) is 1.91. The molecule has 0 saturated heterocycles. The number of benzene rings is 1. The largest absolute Gasteiger partial charge is 0.315 e. The maximum atomic E-state index is 5.95. The predicted molar refractivity (Wildman–Crippen MR) is 82.5 cm³/mol. The fraction of sp³-hybridized carbons (Fsp3) is 0.429. The Morgan fingerprint density at radius 3 is 2.61 bits per heavy atom. The van der Waals surface area contributed by atoms with E-state index in [-0.39, 0.29) is 0 Å². The normalized spacial score (nSPS) is 10.8. The van der Waals surface area contributed by atoms with Crippen molar-refractivity contribution in [2.24, 2.45) is 5.84 Å². The van der Waals surface area contributed by atoms with E-state index < -0.39 is 0 Å². The van der Waals surface area contributed by atoms with Crippen LogP contribution in [-0.2, 0) is 6.54 Å². The first kappa shape index (κ1) is 15.2. The number of hydrogen-bond acceptors (Lipinski definition) is 4. The number of nitrogens with zero attached hydrogens (tertiary/aromatic N) is 1. The molecule has 3 N–H and O–H groups in total. The third kappa shape index (κ3) is 6.21. The van der Waals surface area contributed by atoms with E-state index >= 15 is 0 Å². The molecule has 1 rings (SSSR count). The first-order valence-electron chi connectivity index (χ1n) is 6.29. The quantitative estimate of drug-likeness (QED) is 0.276. The van der Waals surface area contributed by atoms with Gasteiger partial charge < -0.3 is 5.32 Å². The van der Waals surface area contributed by atoms with Gasteiger partial charge in [-0.2, -0.15) is 12.6 Å². The zero-order valence-electron chi connectivity index (χ0n) is 10.8. The van der Waals surface area contributed by atoms with Crippen molar-refractivity contribution in [3.05, 3.63) is 42.0 Å². The minimum absolute atomic E-state index is 0.770. The Bertz CT molecular complexity index is 337. The molecule has 0 aliphatic carbocycles. The number of hydrazine groups is 1. The molecular formula is C14H23N3S. The zero-order valence-corrected chi connectivity index (χ0v) is 11.7. The van der Waals surface area contributed by atoms with Crippen molar-refractivity contribution in [1.29, 1.82) is 0 Å². The van der Waals surface area contributed by atoms with Crippen LogP contribution in [0.15, 0.2) is 30.8 Å². The van der Waals surface area contributed by atoms with Gasteiger partial charge in [0.15, 0.2) is 0 Å². The fourth-order valence-corrected chi connectivity index (χ4v) is 1.78. The second-order valence-corrected chi connectivity index (χ2v) is 4.69. The minimum atomic E-state index is 0.770. The Balaban J connectivity index is 2.22. The molecule has 100 valence electrons. The van der Waals surface area contributed by atoms with Gasteiger partial charge in [-0.1, -0.05) is 36.9 Å². The van der Waals surface area contributed by atoms with Crippen LogP contribution < -0.4 is 11.2 Å². The smallest absolute Gasteiger partial charge is 0.0379 e. The second-order valence-electron chi connectivity index (χ2n) is 4.24. The molecule has 0 unspecified atom stereocenters. The summed E-state index contributed by atoms with van der Waals surface area (Å²) in [7, 11) is 0. The van der Waals surface area contributed by atoms with E-state index in [1.54, 1.807) is 0 Å². The first-order valence-corrected chi connectivity index (χ1v) is 6.92. The van der Waals surface area contributed by atoms with E-state index in [1.807, 2.05) is 11.1 Å². The van der Waals surface area contributed by atoms with Crippen LogP contribution in [0.5, 0.6) is 0 Å². The van der Waals surface area contributed by atoms with E-state index in [4.69, 9.17) is 5.84 Å². The molecule has 0 heterocycles. The van der Waals surface area contributed by atoms with Gasteiger partial charge in [-0.05, 0) is 29.8 Å². The van der Waals surface area contributed by atoms with Gasteiger partial charge in [-0.3, -0.25) is 5.84 Å². The van der Waals surface area contributed by atoms with Gasteiger partial charge in [0.1, 0.15) is 0 Å². The summed E-state index contributed by atoms with van der Waals surface area (Å²) in [5.74, 6) is 6.87. The van der Waals surface area contributed by atoms with Gasteiger partial charge in [0.05, 0.1) is 0 Å². The highest BCUT2D eigenvalue weighted by atomic mass is 32.1. The molecule has 0 aliphatic heterocycles. The number of nitrogens with one attached hydrogen (secondary N) is 1. The summed E-state index contributed by atoms with van der Waals surface area (Å²) in [5, 5.41) is 5.17. The van der Waals surface area contributed by atoms with Crippen molar-refractivity contribution in [3.63, 3.8) is 0 Å². The lowest BCUT2D eigenvalue weighted by molar-refractivity contribution is 0.274. The highest BCUT2D eigenvalue weighted by molar-refractivity contribution is 7.80. The lowest BCUT2D eigenvalue weighted by Gasteiger charge is -2.16. The molecule has 0 aliphatic rings. The molecule has 4 heteroatoms. The van der Waals surface area contributed by atoms with Crippen molar-refractivity contribution < 1.29 is 0 Å². The van der Waals surface area contributed by atoms with Gasteiger partial charge in [-0.15, -0.1) is 0 Å². The molecular weight excluding hydrogens is 242 g/mol. The second kappa shape index (κ2) is 9.16. The van der Waals surface area contributed by atoms with E-state index in [0.717, 1.165) is 43.9 Å². The molecule has 0 amide bonds. The third-order valence-electron chi connectivity index (χ3n) is 2.69. The van der Waals surface area contributed by atoms with Crippen molar-refractivity contribution in [2.45, 2.75) is 13.0 Å². The first-order chi connectivity index (χ1) is 8.76. The van der Waals surface area contributed by atoms with Crippen molar-refractivity contribution >= 4 is 18.7 Å². The average Bonchev–Trinajstić information content (AvgIpc) is 2.39. The zero-order chi connectivity index (χ0) is 13.2. The summed E-state index contributed by atoms with van der Waals surface area (Å²) < 4.78 is 0. The molecule has 0 bridgehead atoms. The Hall–Kier alpha value is -0.810. The SMILES string of the molecule is C=Cc1ccc(CN(N)CCNCCCS)cc1. The number of nitrogens with two attached hydrogens (primary N) is 1. The average molecular weight is 265 g/mol. The van der Waals surface area contributed by atoms with Crippen LogP contribution in [0.25, 0.3) is 6.08 Å². The Kier molecular flexibility index (Phi) is 7.76. The number of thiol groups is 1. The fourth-order valence-electron chi connectivity index (χ4n) is 1.62. The lowest BCUT2D eigenvalue weighted by atomic mass is 10.1. The molecule has 0 fully saturated rings. The summed E-state index contributed by atoms with van der Waals surface area (Å²) in [5.41, 5.74) is 2.36. The van der Waals surface area contributed by atoms with Gasteiger partial charge >= 0.3 is 0 Å². The van der Waals surface area contributed by atoms with Gasteiger partial charge in [0, 0.05) is 19.6 Å². The molecule has 0 atom stereocenters. The topological polar surface area (TPSA) is 41.3 Å². The van der Waals surface area contributed by atoms with Crippen LogP contribution in [0.1, 0.15) is 17.5 Å². The molecule has 0 spiro atoms. The molecule has 1 aromatic rings. The number of hydrogen-bond donors (Lipinski definition) is 3. The lowest BCUT2D eigenvalue weighted by Crippen LogP contribution is -2.37. The van der Waals surface area contributed by atoms with Crippen LogP contribution in [0.4, 0.5) is 0 Å². The molecule has 18 heavy (non-hydrogen) atoms. The summed E-state index contributed by atoms with van der Waals surface area (Å²) in [6, 6.07) is 8.29. The summed E-state index contributed by atoms with van der Waals surface area (Å²) in [6.45, 7) is 7.27. The Labute approximate surface area is 115 Å². The van der Waals surface area contributed by atoms with Crippen LogP contribution in [-0.4, -0.2) is 30.4 Å². The van der Waals surface area contributed by atoms with Gasteiger partial charge in [0.25, 0.3) is 0 Å². The third-order valence-corrected chi connectivity index (χ3v) is 3.00.